The molecule has 0 aliphatic heterocycles. The number of carbonyl (C=O) groups excluding carboxylic acids is 1. The normalized spacial score (nSPS) is 13.2. The smallest absolute Gasteiger partial charge is 0.251 e. The number of fused-ring (bicyclic) bond motifs is 1. The van der Waals surface area contributed by atoms with E-state index in [2.05, 4.69) is 25.2 Å². The summed E-state index contributed by atoms with van der Waals surface area (Å²) in [6.45, 7) is 8.23. The molecular formula is C27H30N4O2. The number of ether oxygens (including phenoxy) is 1. The highest BCUT2D eigenvalue weighted by molar-refractivity contribution is 5.94. The van der Waals surface area contributed by atoms with Crippen molar-refractivity contribution in [2.45, 2.75) is 45.6 Å². The van der Waals surface area contributed by atoms with Crippen LogP contribution in [0.1, 0.15) is 61.3 Å². The second kappa shape index (κ2) is 9.45. The first-order valence-corrected chi connectivity index (χ1v) is 11.3. The van der Waals surface area contributed by atoms with E-state index >= 15 is 0 Å². The van der Waals surface area contributed by atoms with Gasteiger partial charge in [-0.05, 0) is 67.3 Å². The molecule has 0 radical (unpaired) electrons. The van der Waals surface area contributed by atoms with Crippen molar-refractivity contribution in [3.05, 3.63) is 83.8 Å². The Morgan fingerprint density at radius 3 is 2.27 bits per heavy atom. The van der Waals surface area contributed by atoms with Crippen molar-refractivity contribution in [3.63, 3.8) is 0 Å². The van der Waals surface area contributed by atoms with Crippen LogP contribution in [0, 0.1) is 0 Å². The van der Waals surface area contributed by atoms with Gasteiger partial charge in [0.15, 0.2) is 11.5 Å². The molecule has 33 heavy (non-hydrogen) atoms. The molecule has 4 aromatic rings. The van der Waals surface area contributed by atoms with Gasteiger partial charge in [0.2, 0.25) is 0 Å². The molecule has 2 heterocycles. The number of nitrogens with one attached hydrogen (secondary N) is 1. The molecule has 0 fully saturated rings. The van der Waals surface area contributed by atoms with Crippen LogP contribution in [0.4, 0.5) is 0 Å². The van der Waals surface area contributed by atoms with E-state index in [1.165, 1.54) is 0 Å². The van der Waals surface area contributed by atoms with Crippen LogP contribution < -0.4 is 10.1 Å². The lowest BCUT2D eigenvalue weighted by Crippen LogP contribution is -2.30. The lowest BCUT2D eigenvalue weighted by molar-refractivity contribution is 0.0943. The lowest BCUT2D eigenvalue weighted by Gasteiger charge is -2.18. The first-order chi connectivity index (χ1) is 15.9. The third kappa shape index (κ3) is 4.75. The summed E-state index contributed by atoms with van der Waals surface area (Å²) in [5, 5.41) is 7.70. The van der Waals surface area contributed by atoms with E-state index in [0.717, 1.165) is 33.9 Å². The van der Waals surface area contributed by atoms with Crippen LogP contribution in [0.3, 0.4) is 0 Å². The number of carbonyl (C=O) groups is 1. The summed E-state index contributed by atoms with van der Waals surface area (Å²) in [4.78, 5) is 17.1. The molecule has 0 aliphatic carbocycles. The van der Waals surface area contributed by atoms with Crippen LogP contribution >= 0.6 is 0 Å². The average Bonchev–Trinajstić information content (AvgIpc) is 3.27. The van der Waals surface area contributed by atoms with Gasteiger partial charge >= 0.3 is 0 Å². The third-order valence-electron chi connectivity index (χ3n) is 6.06. The molecule has 0 spiro atoms. The van der Waals surface area contributed by atoms with E-state index < -0.39 is 0 Å². The second-order valence-electron chi connectivity index (χ2n) is 8.72. The van der Waals surface area contributed by atoms with Crippen LogP contribution in [0.2, 0.25) is 0 Å². The number of aromatic nitrogens is 3. The fraction of sp³-hybridized carbons (Fsp3) is 0.296. The fourth-order valence-corrected chi connectivity index (χ4v) is 3.91. The molecular weight excluding hydrogens is 412 g/mol. The van der Waals surface area contributed by atoms with Gasteiger partial charge in [0.1, 0.15) is 5.75 Å². The first kappa shape index (κ1) is 22.5. The Labute approximate surface area is 194 Å². The lowest BCUT2D eigenvalue weighted by atomic mass is 9.88. The molecule has 0 bridgehead atoms. The molecule has 6 heteroatoms. The minimum atomic E-state index is -0.0506. The van der Waals surface area contributed by atoms with E-state index in [4.69, 9.17) is 14.8 Å². The highest BCUT2D eigenvalue weighted by Crippen LogP contribution is 2.32. The van der Waals surface area contributed by atoms with Gasteiger partial charge in [-0.3, -0.25) is 4.79 Å². The van der Waals surface area contributed by atoms with Gasteiger partial charge in [0.25, 0.3) is 5.91 Å². The molecule has 2 unspecified atom stereocenters. The Hall–Kier alpha value is -3.67. The molecule has 0 aliphatic rings. The van der Waals surface area contributed by atoms with Crippen molar-refractivity contribution in [1.82, 2.24) is 19.9 Å². The summed E-state index contributed by atoms with van der Waals surface area (Å²) in [5.41, 5.74) is 4.74. The van der Waals surface area contributed by atoms with Gasteiger partial charge in [-0.15, -0.1) is 0 Å². The van der Waals surface area contributed by atoms with Gasteiger partial charge in [-0.25, -0.2) is 9.50 Å². The predicted molar refractivity (Wildman–Crippen MR) is 131 cm³/mol. The topological polar surface area (TPSA) is 68.5 Å². The summed E-state index contributed by atoms with van der Waals surface area (Å²) in [6.07, 6.45) is 1.93. The van der Waals surface area contributed by atoms with Crippen LogP contribution in [0.25, 0.3) is 16.8 Å². The standard InChI is InChI=1S/C27H30N4O2/c1-17(2)28-27(32)22-10-8-20(9-11-22)18(3)19(4)25-29-26-24(7-6-16-31(26)30-25)21-12-14-23(33-5)15-13-21/h6-19H,1-5H3,(H,28,32). The van der Waals surface area contributed by atoms with E-state index in [-0.39, 0.29) is 23.8 Å². The third-order valence-corrected chi connectivity index (χ3v) is 6.06. The minimum Gasteiger partial charge on any atom is -0.497 e. The Balaban J connectivity index is 1.59. The highest BCUT2D eigenvalue weighted by atomic mass is 16.5. The zero-order valence-electron chi connectivity index (χ0n) is 19.7. The average molecular weight is 443 g/mol. The van der Waals surface area contributed by atoms with Gasteiger partial charge in [0, 0.05) is 29.3 Å². The highest BCUT2D eigenvalue weighted by Gasteiger charge is 2.22. The maximum absolute atomic E-state index is 12.2. The van der Waals surface area contributed by atoms with Crippen molar-refractivity contribution in [2.75, 3.05) is 7.11 Å². The zero-order valence-corrected chi connectivity index (χ0v) is 19.7. The van der Waals surface area contributed by atoms with Crippen molar-refractivity contribution >= 4 is 11.6 Å². The SMILES string of the molecule is COc1ccc(-c2cccn3nc(C(C)C(C)c4ccc(C(=O)NC(C)C)cc4)nc23)cc1. The number of hydrogen-bond acceptors (Lipinski definition) is 4. The molecule has 170 valence electrons. The number of benzene rings is 2. The molecule has 2 aromatic heterocycles. The summed E-state index contributed by atoms with van der Waals surface area (Å²) in [5.74, 6) is 1.86. The Kier molecular flexibility index (Phi) is 6.45. The van der Waals surface area contributed by atoms with Crippen LogP contribution in [0.15, 0.2) is 66.9 Å². The summed E-state index contributed by atoms with van der Waals surface area (Å²) in [6, 6.07) is 19.9. The molecule has 1 N–H and O–H groups in total. The first-order valence-electron chi connectivity index (χ1n) is 11.3. The molecule has 2 aromatic carbocycles. The summed E-state index contributed by atoms with van der Waals surface area (Å²) >= 11 is 0. The summed E-state index contributed by atoms with van der Waals surface area (Å²) < 4.78 is 7.12. The predicted octanol–water partition coefficient (Wildman–Crippen LogP) is 5.45. The van der Waals surface area contributed by atoms with Gasteiger partial charge in [0.05, 0.1) is 7.11 Å². The number of amides is 1. The van der Waals surface area contributed by atoms with Crippen molar-refractivity contribution in [2.24, 2.45) is 0 Å². The molecule has 6 nitrogen and oxygen atoms in total. The van der Waals surface area contributed by atoms with Crippen LogP contribution in [-0.4, -0.2) is 33.7 Å². The number of pyridine rings is 1. The van der Waals surface area contributed by atoms with Gasteiger partial charge in [-0.2, -0.15) is 5.10 Å². The number of nitrogens with zero attached hydrogens (tertiary/aromatic N) is 3. The number of methoxy groups -OCH3 is 1. The van der Waals surface area contributed by atoms with Crippen molar-refractivity contribution in [1.29, 1.82) is 0 Å². The molecule has 1 amide bonds. The maximum atomic E-state index is 12.2. The maximum Gasteiger partial charge on any atom is 0.251 e. The van der Waals surface area contributed by atoms with Crippen LogP contribution in [0.5, 0.6) is 5.75 Å². The Morgan fingerprint density at radius 2 is 1.64 bits per heavy atom. The van der Waals surface area contributed by atoms with E-state index in [0.29, 0.717) is 5.56 Å². The monoisotopic (exact) mass is 442 g/mol. The molecule has 4 rings (SSSR count). The second-order valence-corrected chi connectivity index (χ2v) is 8.72. The Bertz CT molecular complexity index is 1240. The van der Waals surface area contributed by atoms with E-state index in [1.54, 1.807) is 7.11 Å². The fourth-order valence-electron chi connectivity index (χ4n) is 3.91. The van der Waals surface area contributed by atoms with Crippen LogP contribution in [-0.2, 0) is 0 Å². The van der Waals surface area contributed by atoms with Gasteiger partial charge < -0.3 is 10.1 Å². The van der Waals surface area contributed by atoms with Gasteiger partial charge in [-0.1, -0.05) is 38.1 Å². The minimum absolute atomic E-state index is 0.0506. The number of rotatable bonds is 7. The zero-order chi connectivity index (χ0) is 23.5. The molecule has 2 atom stereocenters. The van der Waals surface area contributed by atoms with Crippen molar-refractivity contribution < 1.29 is 9.53 Å². The summed E-state index contributed by atoms with van der Waals surface area (Å²) in [7, 11) is 1.66. The molecule has 0 saturated heterocycles. The molecule has 0 saturated carbocycles. The van der Waals surface area contributed by atoms with E-state index in [1.807, 2.05) is 79.2 Å². The van der Waals surface area contributed by atoms with E-state index in [9.17, 15) is 4.79 Å². The quantitative estimate of drug-likeness (QED) is 0.413. The largest absolute Gasteiger partial charge is 0.497 e. The Morgan fingerprint density at radius 1 is 0.939 bits per heavy atom. The number of hydrogen-bond donors (Lipinski definition) is 1. The van der Waals surface area contributed by atoms with Crippen molar-refractivity contribution in [3.8, 4) is 16.9 Å².